The van der Waals surface area contributed by atoms with Gasteiger partial charge in [-0.1, -0.05) is 12.1 Å². The Kier molecular flexibility index (Phi) is 5.27. The van der Waals surface area contributed by atoms with Crippen LogP contribution in [-0.4, -0.2) is 31.1 Å². The first-order valence-electron chi connectivity index (χ1n) is 9.56. The molecule has 138 valence electrons. The quantitative estimate of drug-likeness (QED) is 0.849. The summed E-state index contributed by atoms with van der Waals surface area (Å²) in [4.78, 5) is 15.9. The van der Waals surface area contributed by atoms with Gasteiger partial charge < -0.3 is 15.0 Å². The van der Waals surface area contributed by atoms with Crippen LogP contribution in [0.5, 0.6) is 5.75 Å². The first-order chi connectivity index (χ1) is 12.7. The minimum absolute atomic E-state index is 0.0219. The number of quaternary nitrogens is 1. The van der Waals surface area contributed by atoms with Gasteiger partial charge in [-0.15, -0.1) is 11.3 Å². The van der Waals surface area contributed by atoms with E-state index in [4.69, 9.17) is 4.74 Å². The fourth-order valence-corrected chi connectivity index (χ4v) is 5.43. The van der Waals surface area contributed by atoms with Crippen molar-refractivity contribution in [1.82, 2.24) is 5.32 Å². The molecule has 2 N–H and O–H groups in total. The summed E-state index contributed by atoms with van der Waals surface area (Å²) < 4.78 is 5.24. The molecule has 0 saturated carbocycles. The maximum atomic E-state index is 12.7. The van der Waals surface area contributed by atoms with E-state index in [1.54, 1.807) is 12.0 Å². The summed E-state index contributed by atoms with van der Waals surface area (Å²) in [6.45, 7) is 1.14. The SMILES string of the molecule is COc1cccc(C(=O)NC2C[C@H]3CCC[C@@H](C2)[NH+]3Cc2cccs2)c1. The molecule has 4 atom stereocenters. The Bertz CT molecular complexity index is 732. The molecule has 2 unspecified atom stereocenters. The third-order valence-electron chi connectivity index (χ3n) is 5.92. The highest BCUT2D eigenvalue weighted by Gasteiger charge is 2.42. The normalized spacial score (nSPS) is 27.7. The van der Waals surface area contributed by atoms with Gasteiger partial charge in [-0.25, -0.2) is 0 Å². The number of amides is 1. The van der Waals surface area contributed by atoms with Crippen LogP contribution in [0.25, 0.3) is 0 Å². The lowest BCUT2D eigenvalue weighted by Gasteiger charge is -2.45. The van der Waals surface area contributed by atoms with E-state index in [0.717, 1.165) is 25.1 Å². The predicted octanol–water partition coefficient (Wildman–Crippen LogP) is 2.66. The number of methoxy groups -OCH3 is 1. The molecule has 2 saturated heterocycles. The molecule has 3 heterocycles. The van der Waals surface area contributed by atoms with Crippen LogP contribution in [0, 0.1) is 0 Å². The lowest BCUT2D eigenvalue weighted by molar-refractivity contribution is -0.973. The minimum Gasteiger partial charge on any atom is -0.497 e. The molecule has 1 aromatic heterocycles. The van der Waals surface area contributed by atoms with Crippen molar-refractivity contribution in [2.75, 3.05) is 7.11 Å². The van der Waals surface area contributed by atoms with E-state index < -0.39 is 0 Å². The van der Waals surface area contributed by atoms with Crippen LogP contribution in [0.4, 0.5) is 0 Å². The van der Waals surface area contributed by atoms with E-state index >= 15 is 0 Å². The van der Waals surface area contributed by atoms with Crippen molar-refractivity contribution in [2.24, 2.45) is 0 Å². The van der Waals surface area contributed by atoms with Gasteiger partial charge in [0.1, 0.15) is 12.3 Å². The Balaban J connectivity index is 1.41. The largest absolute Gasteiger partial charge is 0.497 e. The topological polar surface area (TPSA) is 42.8 Å². The number of carbonyl (C=O) groups is 1. The van der Waals surface area contributed by atoms with Crippen LogP contribution in [0.3, 0.4) is 0 Å². The lowest BCUT2D eigenvalue weighted by atomic mass is 9.81. The highest BCUT2D eigenvalue weighted by atomic mass is 32.1. The van der Waals surface area contributed by atoms with Crippen LogP contribution in [-0.2, 0) is 6.54 Å². The highest BCUT2D eigenvalue weighted by Crippen LogP contribution is 2.24. The van der Waals surface area contributed by atoms with Crippen LogP contribution in [0.2, 0.25) is 0 Å². The zero-order chi connectivity index (χ0) is 17.9. The maximum Gasteiger partial charge on any atom is 0.251 e. The molecule has 4 rings (SSSR count). The second kappa shape index (κ2) is 7.80. The molecular weight excluding hydrogens is 344 g/mol. The highest BCUT2D eigenvalue weighted by molar-refractivity contribution is 7.09. The Morgan fingerprint density at radius 2 is 2.04 bits per heavy atom. The molecule has 2 aliphatic heterocycles. The molecule has 1 amide bonds. The number of carbonyl (C=O) groups excluding carboxylic acids is 1. The summed E-state index contributed by atoms with van der Waals surface area (Å²) >= 11 is 1.86. The van der Waals surface area contributed by atoms with Gasteiger partial charge in [0.2, 0.25) is 0 Å². The van der Waals surface area contributed by atoms with Gasteiger partial charge in [0.25, 0.3) is 5.91 Å². The van der Waals surface area contributed by atoms with E-state index in [1.807, 2.05) is 35.6 Å². The van der Waals surface area contributed by atoms with E-state index in [-0.39, 0.29) is 11.9 Å². The molecule has 2 fully saturated rings. The van der Waals surface area contributed by atoms with Crippen LogP contribution in [0.1, 0.15) is 47.3 Å². The van der Waals surface area contributed by atoms with Crippen LogP contribution < -0.4 is 15.0 Å². The van der Waals surface area contributed by atoms with E-state index in [2.05, 4.69) is 22.8 Å². The number of thiophene rings is 1. The summed E-state index contributed by atoms with van der Waals surface area (Å²) in [6, 6.07) is 13.4. The number of hydrogen-bond acceptors (Lipinski definition) is 3. The number of benzene rings is 1. The molecule has 2 aromatic rings. The smallest absolute Gasteiger partial charge is 0.251 e. The molecule has 0 aliphatic carbocycles. The number of hydrogen-bond donors (Lipinski definition) is 2. The Hall–Kier alpha value is -1.85. The molecule has 4 nitrogen and oxygen atoms in total. The van der Waals surface area contributed by atoms with Crippen molar-refractivity contribution in [3.05, 3.63) is 52.2 Å². The van der Waals surface area contributed by atoms with Gasteiger partial charge in [-0.3, -0.25) is 4.79 Å². The zero-order valence-corrected chi connectivity index (χ0v) is 16.1. The number of rotatable bonds is 5. The van der Waals surface area contributed by atoms with Gasteiger partial charge in [-0.2, -0.15) is 0 Å². The van der Waals surface area contributed by atoms with Crippen molar-refractivity contribution < 1.29 is 14.4 Å². The van der Waals surface area contributed by atoms with Gasteiger partial charge in [0.15, 0.2) is 0 Å². The van der Waals surface area contributed by atoms with Crippen LogP contribution >= 0.6 is 11.3 Å². The third-order valence-corrected chi connectivity index (χ3v) is 6.79. The van der Waals surface area contributed by atoms with E-state index in [1.165, 1.54) is 24.1 Å². The first kappa shape index (κ1) is 17.6. The average Bonchev–Trinajstić information content (AvgIpc) is 3.15. The summed E-state index contributed by atoms with van der Waals surface area (Å²) in [6.07, 6.45) is 6.07. The first-order valence-corrected chi connectivity index (χ1v) is 10.4. The van der Waals surface area contributed by atoms with E-state index in [0.29, 0.717) is 17.6 Å². The summed E-state index contributed by atoms with van der Waals surface area (Å²) in [5.74, 6) is 0.749. The van der Waals surface area contributed by atoms with Crippen molar-refractivity contribution in [3.63, 3.8) is 0 Å². The van der Waals surface area contributed by atoms with Gasteiger partial charge in [0.05, 0.1) is 24.1 Å². The number of nitrogens with one attached hydrogen (secondary N) is 2. The van der Waals surface area contributed by atoms with Crippen molar-refractivity contribution in [1.29, 1.82) is 0 Å². The summed E-state index contributed by atoms with van der Waals surface area (Å²) in [5, 5.41) is 5.46. The zero-order valence-electron chi connectivity index (χ0n) is 15.2. The monoisotopic (exact) mass is 371 g/mol. The molecule has 5 heteroatoms. The Morgan fingerprint density at radius 3 is 2.73 bits per heavy atom. The van der Waals surface area contributed by atoms with Gasteiger partial charge >= 0.3 is 0 Å². The average molecular weight is 372 g/mol. The number of ether oxygens (including phenoxy) is 1. The van der Waals surface area contributed by atoms with Crippen molar-refractivity contribution >= 4 is 17.2 Å². The van der Waals surface area contributed by atoms with Crippen molar-refractivity contribution in [2.45, 2.75) is 56.8 Å². The summed E-state index contributed by atoms with van der Waals surface area (Å²) in [7, 11) is 1.63. The second-order valence-electron chi connectivity index (χ2n) is 7.53. The molecule has 2 bridgehead atoms. The fraction of sp³-hybridized carbons (Fsp3) is 0.476. The Labute approximate surface area is 159 Å². The predicted molar refractivity (Wildman–Crippen MR) is 104 cm³/mol. The fourth-order valence-electron chi connectivity index (χ4n) is 4.69. The van der Waals surface area contributed by atoms with E-state index in [9.17, 15) is 4.79 Å². The lowest BCUT2D eigenvalue weighted by Crippen LogP contribution is -3.20. The molecular formula is C21H27N2O2S+. The third kappa shape index (κ3) is 3.79. The number of fused-ring (bicyclic) bond motifs is 2. The molecule has 1 aromatic carbocycles. The minimum atomic E-state index is 0.0219. The molecule has 0 spiro atoms. The Morgan fingerprint density at radius 1 is 1.23 bits per heavy atom. The second-order valence-corrected chi connectivity index (χ2v) is 8.56. The van der Waals surface area contributed by atoms with Crippen molar-refractivity contribution in [3.8, 4) is 5.75 Å². The number of piperidine rings is 2. The van der Waals surface area contributed by atoms with Gasteiger partial charge in [-0.05, 0) is 48.9 Å². The molecule has 26 heavy (non-hydrogen) atoms. The van der Waals surface area contributed by atoms with Crippen LogP contribution in [0.15, 0.2) is 41.8 Å². The van der Waals surface area contributed by atoms with Gasteiger partial charge in [0, 0.05) is 24.4 Å². The molecule has 0 radical (unpaired) electrons. The molecule has 2 aliphatic rings. The maximum absolute atomic E-state index is 12.7. The summed E-state index contributed by atoms with van der Waals surface area (Å²) in [5.41, 5.74) is 0.683. The standard InChI is InChI=1S/C21H26N2O2S/c1-25-19-8-2-5-15(11-19)21(24)22-16-12-17-6-3-7-18(13-16)23(17)14-20-9-4-10-26-20/h2,4-5,8-11,16-18H,3,6-7,12-14H2,1H3,(H,22,24)/p+1/t16?,17-,18+.